The summed E-state index contributed by atoms with van der Waals surface area (Å²) in [5.41, 5.74) is -1.10. The number of phenolic OH excluding ortho intramolecular Hbond substituents is 1. The molecule has 3 aliphatic rings. The van der Waals surface area contributed by atoms with Gasteiger partial charge in [0.1, 0.15) is 22.8 Å². The Labute approximate surface area is 205 Å². The van der Waals surface area contributed by atoms with Crippen LogP contribution in [0.2, 0.25) is 5.02 Å². The van der Waals surface area contributed by atoms with E-state index in [-0.39, 0.29) is 35.0 Å². The fourth-order valence-electron chi connectivity index (χ4n) is 5.58. The minimum atomic E-state index is -2.78. The molecule has 7 N–H and O–H groups in total. The lowest BCUT2D eigenvalue weighted by molar-refractivity contribution is -0.159. The van der Waals surface area contributed by atoms with Crippen LogP contribution in [0.25, 0.3) is 5.76 Å². The zero-order valence-electron chi connectivity index (χ0n) is 18.4. The molecule has 184 valence electrons. The lowest BCUT2D eigenvalue weighted by Crippen LogP contribution is -2.67. The van der Waals surface area contributed by atoms with Crippen LogP contribution in [-0.4, -0.2) is 73.6 Å². The summed E-state index contributed by atoms with van der Waals surface area (Å²) in [7, 11) is 2.97. The molecule has 34 heavy (non-hydrogen) atoms. The molecule has 0 radical (unpaired) electrons. The molecule has 1 amide bonds. The normalized spacial score (nSPS) is 32.7. The van der Waals surface area contributed by atoms with Gasteiger partial charge in [-0.25, -0.2) is 0 Å². The molecule has 12 heteroatoms. The third kappa shape index (κ3) is 3.03. The summed E-state index contributed by atoms with van der Waals surface area (Å²) in [6, 6.07) is 1.24. The van der Waals surface area contributed by atoms with Gasteiger partial charge in [0.15, 0.2) is 11.4 Å². The third-order valence-electron chi connectivity index (χ3n) is 7.07. The number of carbonyl (C=O) groups is 3. The molecule has 10 nitrogen and oxygen atoms in total. The van der Waals surface area contributed by atoms with Gasteiger partial charge in [0.25, 0.3) is 5.91 Å². The largest absolute Gasteiger partial charge is 0.508 e. The highest BCUT2D eigenvalue weighted by Gasteiger charge is 2.66. The first-order valence-electron chi connectivity index (χ1n) is 10.1. The Hall–Kier alpha value is -2.63. The fourth-order valence-corrected chi connectivity index (χ4v) is 5.93. The van der Waals surface area contributed by atoms with Crippen LogP contribution >= 0.6 is 24.0 Å². The zero-order chi connectivity index (χ0) is 24.8. The van der Waals surface area contributed by atoms with Gasteiger partial charge < -0.3 is 31.3 Å². The van der Waals surface area contributed by atoms with Crippen LogP contribution < -0.4 is 5.73 Å². The Morgan fingerprint density at radius 1 is 1.18 bits per heavy atom. The Balaban J connectivity index is 0.00000324. The number of hydrogen-bond donors (Lipinski definition) is 6. The average Bonchev–Trinajstić information content (AvgIpc) is 2.69. The standard InChI is InChI=1S/C22H23ClN2O8.ClH/c1-21(32)7-6-8-15(25(2)3)17(28)13(20(24)31)19(30)22(8,33)18(29)11(7)16(27)12-10(26)5-4-9(23)14(12)21;/h4-5,7-8,15,26-27,30,32-33H,6H2,1-3H3,(H2,24,31);1H/t7-,8+,15+,21+,22+;/m1./s1. The van der Waals surface area contributed by atoms with Crippen molar-refractivity contribution in [2.45, 2.75) is 30.6 Å². The van der Waals surface area contributed by atoms with E-state index in [1.165, 1.54) is 38.1 Å². The monoisotopic (exact) mass is 514 g/mol. The summed E-state index contributed by atoms with van der Waals surface area (Å²) < 4.78 is 0. The van der Waals surface area contributed by atoms with Crippen molar-refractivity contribution in [1.82, 2.24) is 4.90 Å². The number of fused-ring (bicyclic) bond motifs is 3. The number of ketones is 2. The number of nitrogens with zero attached hydrogens (tertiary/aromatic N) is 1. The lowest BCUT2D eigenvalue weighted by Gasteiger charge is -2.53. The second-order valence-corrected chi connectivity index (χ2v) is 9.48. The number of amides is 1. The molecule has 0 aromatic heterocycles. The van der Waals surface area contributed by atoms with Crippen LogP contribution in [0.4, 0.5) is 0 Å². The van der Waals surface area contributed by atoms with Crippen molar-refractivity contribution >= 4 is 47.2 Å². The number of benzene rings is 1. The molecule has 4 rings (SSSR count). The van der Waals surface area contributed by atoms with Gasteiger partial charge in [-0.2, -0.15) is 0 Å². The van der Waals surface area contributed by atoms with Crippen molar-refractivity contribution in [3.63, 3.8) is 0 Å². The second kappa shape index (κ2) is 7.96. The Morgan fingerprint density at radius 3 is 2.29 bits per heavy atom. The number of nitrogens with two attached hydrogens (primary N) is 1. The number of rotatable bonds is 2. The first kappa shape index (κ1) is 26.0. The minimum Gasteiger partial charge on any atom is -0.508 e. The quantitative estimate of drug-likeness (QED) is 0.309. The van der Waals surface area contributed by atoms with E-state index in [1.807, 2.05) is 0 Å². The molecule has 0 spiro atoms. The number of likely N-dealkylation sites (N-methyl/N-ethyl adjacent to an activating group) is 1. The summed E-state index contributed by atoms with van der Waals surface area (Å²) in [5.74, 6) is -8.30. The number of aliphatic hydroxyl groups excluding tert-OH is 2. The summed E-state index contributed by atoms with van der Waals surface area (Å²) in [6.07, 6.45) is -0.259. The van der Waals surface area contributed by atoms with E-state index in [1.54, 1.807) is 0 Å². The molecule has 1 fully saturated rings. The van der Waals surface area contributed by atoms with Gasteiger partial charge in [-0.3, -0.25) is 19.3 Å². The highest BCUT2D eigenvalue weighted by molar-refractivity contribution is 6.32. The van der Waals surface area contributed by atoms with Crippen molar-refractivity contribution < 1.29 is 39.9 Å². The third-order valence-corrected chi connectivity index (χ3v) is 7.39. The number of hydrogen-bond acceptors (Lipinski definition) is 9. The molecule has 0 saturated heterocycles. The van der Waals surface area contributed by atoms with E-state index in [2.05, 4.69) is 0 Å². The average molecular weight is 515 g/mol. The molecule has 0 bridgehead atoms. The number of phenols is 1. The van der Waals surface area contributed by atoms with E-state index < -0.39 is 75.0 Å². The van der Waals surface area contributed by atoms with Crippen LogP contribution in [0.3, 0.4) is 0 Å². The summed E-state index contributed by atoms with van der Waals surface area (Å²) in [6.45, 7) is 1.34. The Morgan fingerprint density at radius 2 is 1.76 bits per heavy atom. The van der Waals surface area contributed by atoms with E-state index in [4.69, 9.17) is 17.3 Å². The maximum atomic E-state index is 13.7. The first-order chi connectivity index (χ1) is 15.2. The molecule has 1 aromatic carbocycles. The van der Waals surface area contributed by atoms with Crippen LogP contribution in [0.1, 0.15) is 24.5 Å². The molecule has 0 unspecified atom stereocenters. The van der Waals surface area contributed by atoms with Gasteiger partial charge >= 0.3 is 0 Å². The summed E-state index contributed by atoms with van der Waals surface area (Å²) >= 11 is 6.28. The van der Waals surface area contributed by atoms with Crippen molar-refractivity contribution in [2.24, 2.45) is 17.6 Å². The number of halogens is 2. The molecule has 5 atom stereocenters. The molecule has 0 aliphatic heterocycles. The molecule has 1 saturated carbocycles. The molecular weight excluding hydrogens is 491 g/mol. The topological polar surface area (TPSA) is 182 Å². The Bertz CT molecular complexity index is 1210. The van der Waals surface area contributed by atoms with Gasteiger partial charge in [-0.05, 0) is 39.6 Å². The number of primary amides is 1. The van der Waals surface area contributed by atoms with Gasteiger partial charge in [-0.15, -0.1) is 12.4 Å². The highest BCUT2D eigenvalue weighted by atomic mass is 35.5. The molecular formula is C22H24Cl2N2O8. The van der Waals surface area contributed by atoms with Crippen LogP contribution in [0, 0.1) is 11.8 Å². The van der Waals surface area contributed by atoms with Crippen molar-refractivity contribution in [2.75, 3.05) is 14.1 Å². The highest BCUT2D eigenvalue weighted by Crippen LogP contribution is 2.58. The van der Waals surface area contributed by atoms with Crippen LogP contribution in [-0.2, 0) is 20.0 Å². The number of aliphatic hydroxyl groups is 4. The SMILES string of the molecule is CN(C)[C@@H]1C(=O)C(C(N)=O)=C(O)[C@@]2(O)C(=O)C3=C(O)c4c(O)ccc(Cl)c4[C@@](C)(O)[C@@H]3C[C@@H]12.Cl. The molecule has 0 heterocycles. The second-order valence-electron chi connectivity index (χ2n) is 9.08. The maximum absolute atomic E-state index is 13.7. The first-order valence-corrected chi connectivity index (χ1v) is 10.5. The van der Waals surface area contributed by atoms with Crippen LogP contribution in [0.5, 0.6) is 5.75 Å². The lowest BCUT2D eigenvalue weighted by atomic mass is 9.54. The van der Waals surface area contributed by atoms with Crippen molar-refractivity contribution in [3.05, 3.63) is 45.2 Å². The van der Waals surface area contributed by atoms with E-state index in [9.17, 15) is 39.9 Å². The van der Waals surface area contributed by atoms with Crippen molar-refractivity contribution in [3.8, 4) is 5.75 Å². The number of aromatic hydroxyl groups is 1. The van der Waals surface area contributed by atoms with E-state index in [0.717, 1.165) is 0 Å². The summed E-state index contributed by atoms with van der Waals surface area (Å²) in [5, 5.41) is 55.2. The van der Waals surface area contributed by atoms with Gasteiger partial charge in [-0.1, -0.05) is 11.6 Å². The van der Waals surface area contributed by atoms with E-state index in [0.29, 0.717) is 0 Å². The molecule has 1 aromatic rings. The minimum absolute atomic E-state index is 0. The fraction of sp³-hybridized carbons (Fsp3) is 0.409. The predicted molar refractivity (Wildman–Crippen MR) is 122 cm³/mol. The van der Waals surface area contributed by atoms with Gasteiger partial charge in [0, 0.05) is 28.0 Å². The summed E-state index contributed by atoms with van der Waals surface area (Å²) in [4.78, 5) is 40.1. The molecule has 3 aliphatic carbocycles. The predicted octanol–water partition coefficient (Wildman–Crippen LogP) is 0.704. The number of carbonyl (C=O) groups excluding carboxylic acids is 3. The Kier molecular flexibility index (Phi) is 6.08. The van der Waals surface area contributed by atoms with Gasteiger partial charge in [0.2, 0.25) is 5.78 Å². The zero-order valence-corrected chi connectivity index (χ0v) is 19.9. The van der Waals surface area contributed by atoms with Crippen molar-refractivity contribution in [1.29, 1.82) is 0 Å². The van der Waals surface area contributed by atoms with Gasteiger partial charge in [0.05, 0.1) is 17.2 Å². The van der Waals surface area contributed by atoms with E-state index >= 15 is 0 Å². The smallest absolute Gasteiger partial charge is 0.255 e. The maximum Gasteiger partial charge on any atom is 0.255 e. The van der Waals surface area contributed by atoms with Crippen LogP contribution in [0.15, 0.2) is 29.0 Å². The number of Topliss-reactive ketones (excluding diaryl/α,β-unsaturated/α-hetero) is 2.